The van der Waals surface area contributed by atoms with Crippen molar-refractivity contribution in [3.05, 3.63) is 59.7 Å². The number of aryl methyl sites for hydroxylation is 1. The number of carbonyl (C=O) groups is 2. The van der Waals surface area contributed by atoms with E-state index in [4.69, 9.17) is 0 Å². The third-order valence-corrected chi connectivity index (χ3v) is 5.28. The number of thioether (sulfide) groups is 1. The molecule has 0 saturated carbocycles. The number of anilines is 2. The Balaban J connectivity index is 1.60. The summed E-state index contributed by atoms with van der Waals surface area (Å²) >= 11 is 1.35. The summed E-state index contributed by atoms with van der Waals surface area (Å²) in [6.07, 6.45) is 0.111. The summed E-state index contributed by atoms with van der Waals surface area (Å²) < 4.78 is 0. The van der Waals surface area contributed by atoms with Gasteiger partial charge in [0.05, 0.1) is 0 Å². The van der Waals surface area contributed by atoms with Crippen molar-refractivity contribution in [2.45, 2.75) is 18.6 Å². The molecule has 1 aliphatic rings. The Bertz CT molecular complexity index is 842. The maximum Gasteiger partial charge on any atom is 0.260 e. The second-order valence-electron chi connectivity index (χ2n) is 6.42. The zero-order chi connectivity index (χ0) is 18.7. The summed E-state index contributed by atoms with van der Waals surface area (Å²) in [5.41, 5.74) is 3.84. The van der Waals surface area contributed by atoms with Gasteiger partial charge in [0, 0.05) is 37.5 Å². The molecule has 5 nitrogen and oxygen atoms in total. The Morgan fingerprint density at radius 3 is 2.38 bits per heavy atom. The van der Waals surface area contributed by atoms with E-state index in [1.807, 2.05) is 74.4 Å². The molecule has 0 unspecified atom stereocenters. The van der Waals surface area contributed by atoms with Crippen molar-refractivity contribution in [3.8, 4) is 0 Å². The molecule has 2 aromatic carbocycles. The highest BCUT2D eigenvalue weighted by molar-refractivity contribution is 8.16. The summed E-state index contributed by atoms with van der Waals surface area (Å²) in [5.74, 6) is -0.431. The van der Waals surface area contributed by atoms with Crippen molar-refractivity contribution in [2.24, 2.45) is 4.99 Å². The van der Waals surface area contributed by atoms with Gasteiger partial charge in [0.15, 0.2) is 0 Å². The third-order valence-electron chi connectivity index (χ3n) is 4.08. The van der Waals surface area contributed by atoms with Crippen LogP contribution in [0.3, 0.4) is 0 Å². The highest BCUT2D eigenvalue weighted by Crippen LogP contribution is 2.30. The van der Waals surface area contributed by atoms with Gasteiger partial charge >= 0.3 is 0 Å². The van der Waals surface area contributed by atoms with Crippen molar-refractivity contribution in [3.63, 3.8) is 0 Å². The van der Waals surface area contributed by atoms with Crippen molar-refractivity contribution in [2.75, 3.05) is 24.3 Å². The standard InChI is InChI=1S/C20H21N3O2S/c1-13-4-8-15(9-5-13)21-18(24)12-17-19(25)22-20(26-17)14-6-10-16(11-7-14)23(2)3/h4-11,17H,12H2,1-3H3,(H,21,24)/t17-/m1/s1. The Labute approximate surface area is 157 Å². The molecule has 0 fully saturated rings. The molecule has 0 spiro atoms. The Morgan fingerprint density at radius 1 is 1.12 bits per heavy atom. The molecule has 0 radical (unpaired) electrons. The molecule has 1 atom stereocenters. The molecule has 0 aliphatic carbocycles. The normalized spacial score (nSPS) is 16.3. The van der Waals surface area contributed by atoms with Gasteiger partial charge in [0.1, 0.15) is 10.3 Å². The predicted octanol–water partition coefficient (Wildman–Crippen LogP) is 3.48. The Kier molecular flexibility index (Phi) is 5.42. The predicted molar refractivity (Wildman–Crippen MR) is 108 cm³/mol. The number of benzene rings is 2. The van der Waals surface area contributed by atoms with Crippen molar-refractivity contribution < 1.29 is 9.59 Å². The number of hydrogen-bond donors (Lipinski definition) is 1. The lowest BCUT2D eigenvalue weighted by Crippen LogP contribution is -2.21. The molecule has 0 bridgehead atoms. The maximum absolute atomic E-state index is 12.2. The lowest BCUT2D eigenvalue weighted by atomic mass is 10.2. The molecule has 6 heteroatoms. The molecular weight excluding hydrogens is 346 g/mol. The molecular formula is C20H21N3O2S. The molecule has 26 heavy (non-hydrogen) atoms. The molecule has 2 amide bonds. The van der Waals surface area contributed by atoms with Crippen LogP contribution in [0.15, 0.2) is 53.5 Å². The van der Waals surface area contributed by atoms with Crippen LogP contribution < -0.4 is 10.2 Å². The minimum Gasteiger partial charge on any atom is -0.378 e. The summed E-state index contributed by atoms with van der Waals surface area (Å²) in [4.78, 5) is 30.5. The van der Waals surface area contributed by atoms with E-state index in [0.29, 0.717) is 5.04 Å². The van der Waals surface area contributed by atoms with Gasteiger partial charge in [-0.15, -0.1) is 0 Å². The van der Waals surface area contributed by atoms with E-state index in [0.717, 1.165) is 22.5 Å². The zero-order valence-electron chi connectivity index (χ0n) is 15.0. The average Bonchev–Trinajstić information content (AvgIpc) is 2.97. The highest BCUT2D eigenvalue weighted by Gasteiger charge is 2.31. The minimum atomic E-state index is -0.469. The van der Waals surface area contributed by atoms with Crippen LogP contribution in [-0.4, -0.2) is 36.2 Å². The summed E-state index contributed by atoms with van der Waals surface area (Å²) in [5, 5.41) is 3.04. The van der Waals surface area contributed by atoms with Gasteiger partial charge in [0.25, 0.3) is 5.91 Å². The first-order valence-electron chi connectivity index (χ1n) is 8.36. The molecule has 0 saturated heterocycles. The molecule has 1 aliphatic heterocycles. The second kappa shape index (κ2) is 7.74. The third kappa shape index (κ3) is 4.32. The number of aliphatic imine (C=N–C) groups is 1. The van der Waals surface area contributed by atoms with Gasteiger partial charge in [-0.05, 0) is 31.2 Å². The number of amides is 2. The van der Waals surface area contributed by atoms with Crippen LogP contribution in [0.1, 0.15) is 17.5 Å². The van der Waals surface area contributed by atoms with Crippen molar-refractivity contribution >= 4 is 40.0 Å². The molecule has 134 valence electrons. The van der Waals surface area contributed by atoms with E-state index < -0.39 is 5.25 Å². The van der Waals surface area contributed by atoms with Crippen LogP contribution in [0.4, 0.5) is 11.4 Å². The summed E-state index contributed by atoms with van der Waals surface area (Å²) in [7, 11) is 3.95. The van der Waals surface area contributed by atoms with Crippen LogP contribution in [0.2, 0.25) is 0 Å². The fourth-order valence-electron chi connectivity index (χ4n) is 2.56. The van der Waals surface area contributed by atoms with Crippen LogP contribution in [-0.2, 0) is 9.59 Å². The fraction of sp³-hybridized carbons (Fsp3) is 0.250. The van der Waals surface area contributed by atoms with Gasteiger partial charge < -0.3 is 10.2 Å². The first-order valence-corrected chi connectivity index (χ1v) is 9.24. The number of nitrogens with zero attached hydrogens (tertiary/aromatic N) is 2. The quantitative estimate of drug-likeness (QED) is 0.879. The molecule has 3 rings (SSSR count). The SMILES string of the molecule is Cc1ccc(NC(=O)C[C@H]2SC(c3ccc(N(C)C)cc3)=NC2=O)cc1. The maximum atomic E-state index is 12.2. The smallest absolute Gasteiger partial charge is 0.260 e. The Morgan fingerprint density at radius 2 is 1.77 bits per heavy atom. The number of rotatable bonds is 5. The van der Waals surface area contributed by atoms with Gasteiger partial charge in [-0.2, -0.15) is 0 Å². The average molecular weight is 367 g/mol. The first kappa shape index (κ1) is 18.2. The zero-order valence-corrected chi connectivity index (χ0v) is 15.8. The van der Waals surface area contributed by atoms with Crippen molar-refractivity contribution in [1.82, 2.24) is 0 Å². The van der Waals surface area contributed by atoms with Crippen molar-refractivity contribution in [1.29, 1.82) is 0 Å². The molecule has 2 aromatic rings. The fourth-order valence-corrected chi connectivity index (χ4v) is 3.64. The number of hydrogen-bond acceptors (Lipinski definition) is 4. The van der Waals surface area contributed by atoms with E-state index in [2.05, 4.69) is 10.3 Å². The minimum absolute atomic E-state index is 0.111. The lowest BCUT2D eigenvalue weighted by Gasteiger charge is -2.12. The molecule has 1 N–H and O–H groups in total. The van der Waals surface area contributed by atoms with E-state index in [1.165, 1.54) is 11.8 Å². The second-order valence-corrected chi connectivity index (χ2v) is 7.61. The van der Waals surface area contributed by atoms with E-state index >= 15 is 0 Å². The van der Waals surface area contributed by atoms with Gasteiger partial charge in [0.2, 0.25) is 5.91 Å². The topological polar surface area (TPSA) is 61.8 Å². The number of carbonyl (C=O) groups excluding carboxylic acids is 2. The van der Waals surface area contributed by atoms with Crippen LogP contribution >= 0.6 is 11.8 Å². The van der Waals surface area contributed by atoms with E-state index in [-0.39, 0.29) is 18.2 Å². The first-order chi connectivity index (χ1) is 12.4. The monoisotopic (exact) mass is 367 g/mol. The van der Waals surface area contributed by atoms with E-state index in [1.54, 1.807) is 0 Å². The lowest BCUT2D eigenvalue weighted by molar-refractivity contribution is -0.121. The van der Waals surface area contributed by atoms with Crippen LogP contribution in [0.25, 0.3) is 0 Å². The molecule has 1 heterocycles. The van der Waals surface area contributed by atoms with Gasteiger partial charge in [-0.25, -0.2) is 4.99 Å². The van der Waals surface area contributed by atoms with Crippen LogP contribution in [0, 0.1) is 6.92 Å². The largest absolute Gasteiger partial charge is 0.378 e. The summed E-state index contributed by atoms with van der Waals surface area (Å²) in [6, 6.07) is 15.4. The van der Waals surface area contributed by atoms with Gasteiger partial charge in [-0.1, -0.05) is 41.6 Å². The van der Waals surface area contributed by atoms with Gasteiger partial charge in [-0.3, -0.25) is 9.59 Å². The molecule has 0 aromatic heterocycles. The number of nitrogens with one attached hydrogen (secondary N) is 1. The highest BCUT2D eigenvalue weighted by atomic mass is 32.2. The van der Waals surface area contributed by atoms with E-state index in [9.17, 15) is 9.59 Å². The Hall–Kier alpha value is -2.60. The summed E-state index contributed by atoms with van der Waals surface area (Å²) in [6.45, 7) is 1.99. The van der Waals surface area contributed by atoms with Crippen LogP contribution in [0.5, 0.6) is 0 Å².